The van der Waals surface area contributed by atoms with Crippen molar-refractivity contribution in [3.8, 4) is 0 Å². The lowest BCUT2D eigenvalue weighted by Crippen LogP contribution is -2.29. The van der Waals surface area contributed by atoms with Crippen molar-refractivity contribution in [2.75, 3.05) is 6.54 Å². The van der Waals surface area contributed by atoms with Crippen LogP contribution in [0.2, 0.25) is 0 Å². The second kappa shape index (κ2) is 6.00. The van der Waals surface area contributed by atoms with Crippen LogP contribution in [0.5, 0.6) is 0 Å². The van der Waals surface area contributed by atoms with Crippen LogP contribution in [0.15, 0.2) is 12.1 Å². The van der Waals surface area contributed by atoms with Gasteiger partial charge >= 0.3 is 0 Å². The van der Waals surface area contributed by atoms with Crippen LogP contribution in [0.3, 0.4) is 0 Å². The van der Waals surface area contributed by atoms with Gasteiger partial charge in [0.25, 0.3) is 0 Å². The highest BCUT2D eigenvalue weighted by Gasteiger charge is 2.35. The van der Waals surface area contributed by atoms with Crippen molar-refractivity contribution in [2.24, 2.45) is 11.8 Å². The van der Waals surface area contributed by atoms with Gasteiger partial charge in [-0.05, 0) is 50.1 Å². The highest BCUT2D eigenvalue weighted by Crippen LogP contribution is 2.43. The Hall–Kier alpha value is -0.960. The normalized spacial score (nSPS) is 18.4. The fourth-order valence-electron chi connectivity index (χ4n) is 2.67. The Kier molecular flexibility index (Phi) is 4.56. The molecular formula is C16H23F2N. The lowest BCUT2D eigenvalue weighted by Gasteiger charge is -2.26. The summed E-state index contributed by atoms with van der Waals surface area (Å²) in [6, 6.07) is 3.33. The average molecular weight is 267 g/mol. The largest absolute Gasteiger partial charge is 0.310 e. The molecule has 1 aromatic rings. The summed E-state index contributed by atoms with van der Waals surface area (Å²) in [5, 5.41) is 3.39. The van der Waals surface area contributed by atoms with Crippen LogP contribution in [0.25, 0.3) is 0 Å². The topological polar surface area (TPSA) is 12.0 Å². The molecular weight excluding hydrogens is 244 g/mol. The number of nitrogens with one attached hydrogen (secondary N) is 1. The smallest absolute Gasteiger partial charge is 0.163 e. The average Bonchev–Trinajstić information content (AvgIpc) is 3.22. The predicted molar refractivity (Wildman–Crippen MR) is 74.0 cm³/mol. The molecule has 2 unspecified atom stereocenters. The second-order valence-electron chi connectivity index (χ2n) is 5.73. The van der Waals surface area contributed by atoms with E-state index in [2.05, 4.69) is 19.2 Å². The molecule has 0 bridgehead atoms. The summed E-state index contributed by atoms with van der Waals surface area (Å²) >= 11 is 0. The Morgan fingerprint density at radius 2 is 1.95 bits per heavy atom. The van der Waals surface area contributed by atoms with Gasteiger partial charge in [0.15, 0.2) is 11.6 Å². The van der Waals surface area contributed by atoms with E-state index < -0.39 is 11.6 Å². The van der Waals surface area contributed by atoms with Crippen molar-refractivity contribution in [2.45, 2.75) is 46.1 Å². The predicted octanol–water partition coefficient (Wildman–Crippen LogP) is 4.36. The van der Waals surface area contributed by atoms with E-state index in [0.29, 0.717) is 23.0 Å². The van der Waals surface area contributed by atoms with Crippen molar-refractivity contribution in [3.63, 3.8) is 0 Å². The minimum absolute atomic E-state index is 0.0810. The van der Waals surface area contributed by atoms with Crippen molar-refractivity contribution < 1.29 is 8.78 Å². The van der Waals surface area contributed by atoms with Crippen LogP contribution in [0.4, 0.5) is 8.78 Å². The molecule has 1 aromatic carbocycles. The third kappa shape index (κ3) is 3.14. The highest BCUT2D eigenvalue weighted by molar-refractivity contribution is 5.28. The molecule has 1 saturated carbocycles. The van der Waals surface area contributed by atoms with Gasteiger partial charge in [-0.25, -0.2) is 8.78 Å². The molecule has 1 aliphatic rings. The molecule has 3 heteroatoms. The molecule has 2 rings (SSSR count). The van der Waals surface area contributed by atoms with E-state index >= 15 is 0 Å². The number of hydrogen-bond acceptors (Lipinski definition) is 1. The first-order chi connectivity index (χ1) is 9.06. The number of aryl methyl sites for hydroxylation is 1. The summed E-state index contributed by atoms with van der Waals surface area (Å²) in [5.41, 5.74) is 0.852. The zero-order chi connectivity index (χ0) is 14.0. The monoisotopic (exact) mass is 267 g/mol. The third-order valence-corrected chi connectivity index (χ3v) is 4.15. The molecule has 0 amide bonds. The molecule has 19 heavy (non-hydrogen) atoms. The molecule has 2 atom stereocenters. The van der Waals surface area contributed by atoms with Gasteiger partial charge in [0, 0.05) is 11.6 Å². The number of halogens is 2. The van der Waals surface area contributed by atoms with Gasteiger partial charge in [-0.3, -0.25) is 0 Å². The lowest BCUT2D eigenvalue weighted by atomic mass is 9.89. The molecule has 106 valence electrons. The van der Waals surface area contributed by atoms with E-state index in [-0.39, 0.29) is 6.04 Å². The minimum Gasteiger partial charge on any atom is -0.310 e. The Bertz CT molecular complexity index is 441. The van der Waals surface area contributed by atoms with Gasteiger partial charge < -0.3 is 5.32 Å². The van der Waals surface area contributed by atoms with Crippen molar-refractivity contribution in [1.29, 1.82) is 0 Å². The molecule has 0 aliphatic heterocycles. The SMILES string of the molecule is CCCNC(c1ccc(C)c(F)c1F)C(C)C1CC1. The first-order valence-electron chi connectivity index (χ1n) is 7.24. The molecule has 1 aliphatic carbocycles. The van der Waals surface area contributed by atoms with E-state index in [4.69, 9.17) is 0 Å². The summed E-state index contributed by atoms with van der Waals surface area (Å²) < 4.78 is 27.9. The summed E-state index contributed by atoms with van der Waals surface area (Å²) in [6.45, 7) is 6.65. The lowest BCUT2D eigenvalue weighted by molar-refractivity contribution is 0.335. The fraction of sp³-hybridized carbons (Fsp3) is 0.625. The zero-order valence-corrected chi connectivity index (χ0v) is 12.0. The maximum absolute atomic E-state index is 14.2. The van der Waals surface area contributed by atoms with Gasteiger partial charge in [-0.2, -0.15) is 0 Å². The van der Waals surface area contributed by atoms with Gasteiger partial charge in [0.2, 0.25) is 0 Å². The molecule has 1 nitrogen and oxygen atoms in total. The molecule has 0 heterocycles. The van der Waals surface area contributed by atoms with Crippen LogP contribution in [-0.2, 0) is 0 Å². The van der Waals surface area contributed by atoms with Gasteiger partial charge in [0.1, 0.15) is 0 Å². The molecule has 0 radical (unpaired) electrons. The Balaban J connectivity index is 2.28. The van der Waals surface area contributed by atoms with E-state index in [9.17, 15) is 8.78 Å². The number of hydrogen-bond donors (Lipinski definition) is 1. The quantitative estimate of drug-likeness (QED) is 0.807. The fourth-order valence-corrected chi connectivity index (χ4v) is 2.67. The second-order valence-corrected chi connectivity index (χ2v) is 5.73. The number of rotatable bonds is 6. The van der Waals surface area contributed by atoms with Crippen LogP contribution < -0.4 is 5.32 Å². The molecule has 0 spiro atoms. The van der Waals surface area contributed by atoms with Crippen LogP contribution in [0, 0.1) is 30.4 Å². The Labute approximate surface area is 114 Å². The van der Waals surface area contributed by atoms with Crippen molar-refractivity contribution in [3.05, 3.63) is 34.9 Å². The highest BCUT2D eigenvalue weighted by atomic mass is 19.2. The van der Waals surface area contributed by atoms with Gasteiger partial charge in [-0.15, -0.1) is 0 Å². The summed E-state index contributed by atoms with van der Waals surface area (Å²) in [4.78, 5) is 0. The summed E-state index contributed by atoms with van der Waals surface area (Å²) in [6.07, 6.45) is 3.41. The van der Waals surface area contributed by atoms with Crippen LogP contribution in [-0.4, -0.2) is 6.54 Å². The molecule has 0 saturated heterocycles. The number of benzene rings is 1. The Morgan fingerprint density at radius 3 is 2.53 bits per heavy atom. The maximum Gasteiger partial charge on any atom is 0.163 e. The van der Waals surface area contributed by atoms with E-state index in [1.165, 1.54) is 12.8 Å². The maximum atomic E-state index is 14.2. The van der Waals surface area contributed by atoms with Crippen LogP contribution >= 0.6 is 0 Å². The minimum atomic E-state index is -0.705. The zero-order valence-electron chi connectivity index (χ0n) is 12.0. The first kappa shape index (κ1) is 14.4. The van der Waals surface area contributed by atoms with E-state index in [1.54, 1.807) is 19.1 Å². The Morgan fingerprint density at radius 1 is 1.26 bits per heavy atom. The van der Waals surface area contributed by atoms with Crippen molar-refractivity contribution >= 4 is 0 Å². The third-order valence-electron chi connectivity index (χ3n) is 4.15. The van der Waals surface area contributed by atoms with Gasteiger partial charge in [0.05, 0.1) is 0 Å². The van der Waals surface area contributed by atoms with E-state index in [0.717, 1.165) is 13.0 Å². The molecule has 0 aromatic heterocycles. The standard InChI is InChI=1S/C16H23F2N/c1-4-9-19-16(11(3)12-6-7-12)13-8-5-10(2)14(17)15(13)18/h5,8,11-12,16,19H,4,6-7,9H2,1-3H3. The molecule has 1 fully saturated rings. The molecule has 1 N–H and O–H groups in total. The first-order valence-corrected chi connectivity index (χ1v) is 7.24. The van der Waals surface area contributed by atoms with Crippen LogP contribution in [0.1, 0.15) is 50.3 Å². The summed E-state index contributed by atoms with van der Waals surface area (Å²) in [7, 11) is 0. The van der Waals surface area contributed by atoms with Gasteiger partial charge in [-0.1, -0.05) is 26.0 Å². The summed E-state index contributed by atoms with van der Waals surface area (Å²) in [5.74, 6) is -0.383. The van der Waals surface area contributed by atoms with Crippen molar-refractivity contribution in [1.82, 2.24) is 5.32 Å². The van der Waals surface area contributed by atoms with E-state index in [1.807, 2.05) is 0 Å².